The van der Waals surface area contributed by atoms with Crippen molar-refractivity contribution in [2.75, 3.05) is 20.3 Å². The summed E-state index contributed by atoms with van der Waals surface area (Å²) >= 11 is 0. The quantitative estimate of drug-likeness (QED) is 0.888. The zero-order valence-electron chi connectivity index (χ0n) is 13.0. The number of hydrogen-bond donors (Lipinski definition) is 1. The zero-order valence-corrected chi connectivity index (χ0v) is 13.0. The third-order valence-electron chi connectivity index (χ3n) is 3.74. The van der Waals surface area contributed by atoms with Crippen LogP contribution in [0, 0.1) is 0 Å². The summed E-state index contributed by atoms with van der Waals surface area (Å²) in [5.41, 5.74) is 2.55. The molecular formula is C18H20O5. The molecule has 1 N–H and O–H groups in total. The lowest BCUT2D eigenvalue weighted by molar-refractivity contribution is -0.0471. The molecule has 5 nitrogen and oxygen atoms in total. The van der Waals surface area contributed by atoms with Crippen molar-refractivity contribution in [2.24, 2.45) is 0 Å². The summed E-state index contributed by atoms with van der Waals surface area (Å²) in [5.74, 6) is 1.48. The van der Waals surface area contributed by atoms with Crippen molar-refractivity contribution in [3.63, 3.8) is 0 Å². The first-order valence-corrected chi connectivity index (χ1v) is 7.53. The molecule has 0 atom stereocenters. The molecule has 0 aliphatic carbocycles. The topological polar surface area (TPSA) is 57.2 Å². The van der Waals surface area contributed by atoms with Gasteiger partial charge in [0, 0.05) is 0 Å². The highest BCUT2D eigenvalue weighted by molar-refractivity contribution is 5.41. The molecule has 5 heteroatoms. The summed E-state index contributed by atoms with van der Waals surface area (Å²) in [6.07, 6.45) is -0.482. The van der Waals surface area contributed by atoms with Gasteiger partial charge in [-0.2, -0.15) is 0 Å². The molecule has 1 aliphatic heterocycles. The van der Waals surface area contributed by atoms with E-state index in [2.05, 4.69) is 0 Å². The van der Waals surface area contributed by atoms with Gasteiger partial charge >= 0.3 is 0 Å². The molecule has 3 rings (SSSR count). The molecule has 2 aromatic carbocycles. The first-order valence-electron chi connectivity index (χ1n) is 7.53. The molecular weight excluding hydrogens is 296 g/mol. The Morgan fingerprint density at radius 2 is 1.83 bits per heavy atom. The molecule has 0 saturated carbocycles. The Balaban J connectivity index is 1.78. The second-order valence-corrected chi connectivity index (χ2v) is 5.20. The molecule has 1 aliphatic rings. The highest BCUT2D eigenvalue weighted by Crippen LogP contribution is 2.34. The molecule has 1 heterocycles. The summed E-state index contributed by atoms with van der Waals surface area (Å²) in [6.45, 7) is 1.42. The molecule has 0 amide bonds. The Bertz CT molecular complexity index is 632. The maximum Gasteiger partial charge on any atom is 0.187 e. The molecule has 23 heavy (non-hydrogen) atoms. The highest BCUT2D eigenvalue weighted by atomic mass is 16.7. The summed E-state index contributed by atoms with van der Waals surface area (Å²) in [4.78, 5) is 0. The fourth-order valence-corrected chi connectivity index (χ4v) is 2.53. The van der Waals surface area contributed by atoms with E-state index in [4.69, 9.17) is 18.9 Å². The predicted molar refractivity (Wildman–Crippen MR) is 84.3 cm³/mol. The number of ether oxygens (including phenoxy) is 4. The van der Waals surface area contributed by atoms with Gasteiger partial charge in [-0.3, -0.25) is 0 Å². The van der Waals surface area contributed by atoms with E-state index in [0.29, 0.717) is 25.6 Å². The fraction of sp³-hybridized carbons (Fsp3) is 0.333. The minimum Gasteiger partial charge on any atom is -0.497 e. The summed E-state index contributed by atoms with van der Waals surface area (Å²) in [5, 5.41) is 9.57. The third kappa shape index (κ3) is 3.64. The Kier molecular flexibility index (Phi) is 5.12. The van der Waals surface area contributed by atoms with E-state index < -0.39 is 6.29 Å². The van der Waals surface area contributed by atoms with E-state index in [1.807, 2.05) is 42.5 Å². The highest BCUT2D eigenvalue weighted by Gasteiger charge is 2.25. The molecule has 0 bridgehead atoms. The summed E-state index contributed by atoms with van der Waals surface area (Å²) in [6, 6.07) is 13.3. The van der Waals surface area contributed by atoms with E-state index in [-0.39, 0.29) is 6.61 Å². The van der Waals surface area contributed by atoms with E-state index in [0.717, 1.165) is 22.4 Å². The largest absolute Gasteiger partial charge is 0.497 e. The monoisotopic (exact) mass is 316 g/mol. The van der Waals surface area contributed by atoms with Crippen molar-refractivity contribution in [3.8, 4) is 11.5 Å². The first kappa shape index (κ1) is 15.8. The van der Waals surface area contributed by atoms with Crippen LogP contribution >= 0.6 is 0 Å². The number of aliphatic hydroxyl groups is 1. The number of hydrogen-bond acceptors (Lipinski definition) is 5. The van der Waals surface area contributed by atoms with Crippen LogP contribution in [-0.4, -0.2) is 25.4 Å². The average molecular weight is 316 g/mol. The van der Waals surface area contributed by atoms with Gasteiger partial charge in [0.05, 0.1) is 32.5 Å². The number of methoxy groups -OCH3 is 1. The fourth-order valence-electron chi connectivity index (χ4n) is 2.53. The molecule has 1 fully saturated rings. The minimum absolute atomic E-state index is 0.0850. The lowest BCUT2D eigenvalue weighted by atomic mass is 10.1. The van der Waals surface area contributed by atoms with Crippen LogP contribution in [0.2, 0.25) is 0 Å². The molecule has 122 valence electrons. The van der Waals surface area contributed by atoms with Crippen LogP contribution < -0.4 is 9.47 Å². The van der Waals surface area contributed by atoms with Crippen LogP contribution in [0.25, 0.3) is 0 Å². The van der Waals surface area contributed by atoms with Gasteiger partial charge in [-0.05, 0) is 29.3 Å². The van der Waals surface area contributed by atoms with Crippen LogP contribution in [0.15, 0.2) is 42.5 Å². The van der Waals surface area contributed by atoms with Gasteiger partial charge in [0.1, 0.15) is 18.1 Å². The maximum atomic E-state index is 9.57. The van der Waals surface area contributed by atoms with Crippen molar-refractivity contribution in [2.45, 2.75) is 19.5 Å². The molecule has 1 saturated heterocycles. The second-order valence-electron chi connectivity index (χ2n) is 5.20. The molecule has 0 unspecified atom stereocenters. The lowest BCUT2D eigenvalue weighted by Crippen LogP contribution is -2.07. The average Bonchev–Trinajstić information content (AvgIpc) is 3.14. The van der Waals surface area contributed by atoms with E-state index in [1.54, 1.807) is 7.11 Å². The summed E-state index contributed by atoms with van der Waals surface area (Å²) < 4.78 is 22.2. The van der Waals surface area contributed by atoms with Crippen LogP contribution in [-0.2, 0) is 22.7 Å². The van der Waals surface area contributed by atoms with Gasteiger partial charge < -0.3 is 24.1 Å². The van der Waals surface area contributed by atoms with Crippen LogP contribution in [0.5, 0.6) is 11.5 Å². The van der Waals surface area contributed by atoms with Gasteiger partial charge in [-0.15, -0.1) is 0 Å². The lowest BCUT2D eigenvalue weighted by Gasteiger charge is -2.18. The number of rotatable bonds is 6. The van der Waals surface area contributed by atoms with Crippen LogP contribution in [0.4, 0.5) is 0 Å². The van der Waals surface area contributed by atoms with Gasteiger partial charge in [-0.1, -0.05) is 24.3 Å². The van der Waals surface area contributed by atoms with Crippen molar-refractivity contribution in [1.29, 1.82) is 0 Å². The standard InChI is InChI=1S/C18H20O5/c1-20-15-7-5-13(6-8-15)12-23-16-4-2-3-14(11-19)17(16)18-21-9-10-22-18/h2-8,18-19H,9-12H2,1H3. The molecule has 0 spiro atoms. The number of aliphatic hydroxyl groups excluding tert-OH is 1. The maximum absolute atomic E-state index is 9.57. The molecule has 2 aromatic rings. The first-order chi connectivity index (χ1) is 11.3. The van der Waals surface area contributed by atoms with Crippen molar-refractivity contribution < 1.29 is 24.1 Å². The predicted octanol–water partition coefficient (Wildman–Crippen LogP) is 2.81. The SMILES string of the molecule is COc1ccc(COc2cccc(CO)c2C2OCCO2)cc1. The Morgan fingerprint density at radius 1 is 1.09 bits per heavy atom. The van der Waals surface area contributed by atoms with Gasteiger partial charge in [0.2, 0.25) is 0 Å². The van der Waals surface area contributed by atoms with Crippen LogP contribution in [0.3, 0.4) is 0 Å². The van der Waals surface area contributed by atoms with E-state index >= 15 is 0 Å². The zero-order chi connectivity index (χ0) is 16.1. The van der Waals surface area contributed by atoms with Crippen molar-refractivity contribution in [3.05, 3.63) is 59.2 Å². The Morgan fingerprint density at radius 3 is 2.48 bits per heavy atom. The van der Waals surface area contributed by atoms with Gasteiger partial charge in [-0.25, -0.2) is 0 Å². The Hall–Kier alpha value is -2.08. The van der Waals surface area contributed by atoms with Crippen LogP contribution in [0.1, 0.15) is 23.0 Å². The van der Waals surface area contributed by atoms with Crippen molar-refractivity contribution >= 4 is 0 Å². The Labute approximate surface area is 135 Å². The van der Waals surface area contributed by atoms with E-state index in [9.17, 15) is 5.11 Å². The smallest absolute Gasteiger partial charge is 0.187 e. The van der Waals surface area contributed by atoms with Gasteiger partial charge in [0.15, 0.2) is 6.29 Å². The van der Waals surface area contributed by atoms with E-state index in [1.165, 1.54) is 0 Å². The molecule has 0 aromatic heterocycles. The molecule has 0 radical (unpaired) electrons. The number of benzene rings is 2. The van der Waals surface area contributed by atoms with Crippen molar-refractivity contribution in [1.82, 2.24) is 0 Å². The third-order valence-corrected chi connectivity index (χ3v) is 3.74. The van der Waals surface area contributed by atoms with Gasteiger partial charge in [0.25, 0.3) is 0 Å². The summed E-state index contributed by atoms with van der Waals surface area (Å²) in [7, 11) is 1.64. The normalized spacial score (nSPS) is 14.9. The second kappa shape index (κ2) is 7.46. The minimum atomic E-state index is -0.482.